The smallest absolute Gasteiger partial charge is 0.0656 e. The maximum absolute atomic E-state index is 10.5. The summed E-state index contributed by atoms with van der Waals surface area (Å²) in [6.07, 6.45) is 3.69. The van der Waals surface area contributed by atoms with Gasteiger partial charge < -0.3 is 15.3 Å². The molecule has 5 atom stereocenters. The van der Waals surface area contributed by atoms with Crippen LogP contribution in [-0.4, -0.2) is 34.6 Å². The molecule has 2 fully saturated rings. The van der Waals surface area contributed by atoms with Crippen LogP contribution in [0.4, 0.5) is 0 Å². The third-order valence-electron chi connectivity index (χ3n) is 6.28. The zero-order chi connectivity index (χ0) is 13.3. The second kappa shape index (κ2) is 3.38. The molecule has 3 rings (SSSR count). The zero-order valence-electron chi connectivity index (χ0n) is 11.5. The molecular formula is C15H24O3. The van der Waals surface area contributed by atoms with Crippen LogP contribution in [-0.2, 0) is 0 Å². The van der Waals surface area contributed by atoms with Gasteiger partial charge in [0.1, 0.15) is 0 Å². The summed E-state index contributed by atoms with van der Waals surface area (Å²) in [4.78, 5) is 0. The molecule has 0 saturated heterocycles. The number of hydrogen-bond donors (Lipinski definition) is 3. The van der Waals surface area contributed by atoms with E-state index in [0.717, 1.165) is 18.4 Å². The molecule has 0 aliphatic heterocycles. The van der Waals surface area contributed by atoms with Crippen LogP contribution >= 0.6 is 0 Å². The third-order valence-corrected chi connectivity index (χ3v) is 6.28. The van der Waals surface area contributed by atoms with E-state index in [1.807, 2.05) is 0 Å². The molecule has 5 unspecified atom stereocenters. The Labute approximate surface area is 109 Å². The van der Waals surface area contributed by atoms with Gasteiger partial charge in [-0.2, -0.15) is 0 Å². The first-order valence-corrected chi connectivity index (χ1v) is 6.93. The molecular weight excluding hydrogens is 228 g/mol. The molecule has 0 heterocycles. The van der Waals surface area contributed by atoms with Gasteiger partial charge in [0.05, 0.1) is 19.3 Å². The van der Waals surface area contributed by atoms with E-state index in [4.69, 9.17) is 0 Å². The van der Waals surface area contributed by atoms with E-state index in [9.17, 15) is 15.3 Å². The molecule has 3 aliphatic rings. The first kappa shape index (κ1) is 12.6. The van der Waals surface area contributed by atoms with E-state index in [1.54, 1.807) is 0 Å². The van der Waals surface area contributed by atoms with Gasteiger partial charge in [-0.25, -0.2) is 0 Å². The maximum atomic E-state index is 10.5. The lowest BCUT2D eigenvalue weighted by Crippen LogP contribution is -2.36. The summed E-state index contributed by atoms with van der Waals surface area (Å²) in [6, 6.07) is 0. The summed E-state index contributed by atoms with van der Waals surface area (Å²) < 4.78 is 0. The zero-order valence-corrected chi connectivity index (χ0v) is 11.5. The van der Waals surface area contributed by atoms with Crippen LogP contribution in [0.2, 0.25) is 0 Å². The van der Waals surface area contributed by atoms with Crippen LogP contribution in [0, 0.1) is 28.1 Å². The van der Waals surface area contributed by atoms with E-state index in [0.29, 0.717) is 5.92 Å². The second-order valence-corrected chi connectivity index (χ2v) is 7.51. The van der Waals surface area contributed by atoms with Gasteiger partial charge in [-0.05, 0) is 35.2 Å². The van der Waals surface area contributed by atoms with E-state index in [-0.39, 0.29) is 41.5 Å². The van der Waals surface area contributed by atoms with Gasteiger partial charge >= 0.3 is 0 Å². The predicted molar refractivity (Wildman–Crippen MR) is 68.8 cm³/mol. The van der Waals surface area contributed by atoms with Gasteiger partial charge in [-0.3, -0.25) is 0 Å². The molecule has 18 heavy (non-hydrogen) atoms. The summed E-state index contributed by atoms with van der Waals surface area (Å²) >= 11 is 0. The summed E-state index contributed by atoms with van der Waals surface area (Å²) in [5.74, 6) is 0.583. The van der Waals surface area contributed by atoms with Crippen molar-refractivity contribution in [3.63, 3.8) is 0 Å². The molecule has 0 aromatic carbocycles. The molecule has 0 radical (unpaired) electrons. The highest BCUT2D eigenvalue weighted by molar-refractivity contribution is 5.38. The lowest BCUT2D eigenvalue weighted by molar-refractivity contribution is 0.0488. The molecule has 2 saturated carbocycles. The topological polar surface area (TPSA) is 60.7 Å². The first-order chi connectivity index (χ1) is 8.32. The van der Waals surface area contributed by atoms with E-state index in [2.05, 4.69) is 26.8 Å². The Morgan fingerprint density at radius 3 is 2.50 bits per heavy atom. The average Bonchev–Trinajstić information content (AvgIpc) is 2.89. The van der Waals surface area contributed by atoms with Crippen LogP contribution in [0.25, 0.3) is 0 Å². The molecule has 0 amide bonds. The van der Waals surface area contributed by atoms with Crippen LogP contribution < -0.4 is 0 Å². The quantitative estimate of drug-likeness (QED) is 0.650. The lowest BCUT2D eigenvalue weighted by Gasteiger charge is -2.36. The van der Waals surface area contributed by atoms with Crippen molar-refractivity contribution < 1.29 is 15.3 Å². The predicted octanol–water partition coefficient (Wildman–Crippen LogP) is 1.33. The fraction of sp³-hybridized carbons (Fsp3) is 0.867. The Morgan fingerprint density at radius 2 is 1.94 bits per heavy atom. The minimum absolute atomic E-state index is 0.00647. The normalized spacial score (nSPS) is 52.6. The fourth-order valence-electron chi connectivity index (χ4n) is 4.90. The Bertz CT molecular complexity index is 414. The van der Waals surface area contributed by atoms with Crippen LogP contribution in [0.3, 0.4) is 0 Å². The highest BCUT2D eigenvalue weighted by Crippen LogP contribution is 2.77. The van der Waals surface area contributed by atoms with Gasteiger partial charge in [0.25, 0.3) is 0 Å². The largest absolute Gasteiger partial charge is 0.395 e. The van der Waals surface area contributed by atoms with E-state index < -0.39 is 0 Å². The summed E-state index contributed by atoms with van der Waals surface area (Å²) in [5.41, 5.74) is 0.742. The van der Waals surface area contributed by atoms with Gasteiger partial charge in [0.2, 0.25) is 0 Å². The second-order valence-electron chi connectivity index (χ2n) is 7.51. The van der Waals surface area contributed by atoms with Crippen molar-refractivity contribution in [2.45, 2.75) is 39.7 Å². The monoisotopic (exact) mass is 252 g/mol. The molecule has 3 aliphatic carbocycles. The van der Waals surface area contributed by atoms with Gasteiger partial charge in [0.15, 0.2) is 0 Å². The van der Waals surface area contributed by atoms with Crippen LogP contribution in [0.15, 0.2) is 11.6 Å². The third kappa shape index (κ3) is 1.21. The number of rotatable bonds is 2. The van der Waals surface area contributed by atoms with Crippen molar-refractivity contribution in [1.82, 2.24) is 0 Å². The Morgan fingerprint density at radius 1 is 1.28 bits per heavy atom. The molecule has 0 aromatic rings. The average molecular weight is 252 g/mol. The number of fused-ring (bicyclic) bond motifs is 3. The van der Waals surface area contributed by atoms with Crippen molar-refractivity contribution in [2.24, 2.45) is 28.1 Å². The Balaban J connectivity index is 2.05. The number of hydrogen-bond acceptors (Lipinski definition) is 3. The SMILES string of the molecule is CC1(C)CC2C(C=C(CO)C3(CO)CC23C)C1O. The molecule has 0 spiro atoms. The fourth-order valence-corrected chi connectivity index (χ4v) is 4.90. The van der Waals surface area contributed by atoms with Crippen molar-refractivity contribution in [3.8, 4) is 0 Å². The number of aliphatic hydroxyl groups is 3. The Kier molecular flexibility index (Phi) is 2.38. The lowest BCUT2D eigenvalue weighted by atomic mass is 9.69. The van der Waals surface area contributed by atoms with Crippen molar-refractivity contribution >= 4 is 0 Å². The molecule has 0 aromatic heterocycles. The van der Waals surface area contributed by atoms with Crippen molar-refractivity contribution in [3.05, 3.63) is 11.6 Å². The Hall–Kier alpha value is -0.380. The highest BCUT2D eigenvalue weighted by atomic mass is 16.3. The minimum Gasteiger partial charge on any atom is -0.395 e. The summed E-state index contributed by atoms with van der Waals surface area (Å²) in [5, 5.41) is 29.8. The molecule has 3 nitrogen and oxygen atoms in total. The molecule has 3 N–H and O–H groups in total. The van der Waals surface area contributed by atoms with Crippen molar-refractivity contribution in [2.75, 3.05) is 13.2 Å². The van der Waals surface area contributed by atoms with E-state index in [1.165, 1.54) is 0 Å². The highest BCUT2D eigenvalue weighted by Gasteiger charge is 2.73. The van der Waals surface area contributed by atoms with Crippen LogP contribution in [0.1, 0.15) is 33.6 Å². The van der Waals surface area contributed by atoms with Crippen LogP contribution in [0.5, 0.6) is 0 Å². The number of aliphatic hydroxyl groups excluding tert-OH is 3. The summed E-state index contributed by atoms with van der Waals surface area (Å²) in [6.45, 7) is 6.59. The standard InChI is InChI=1S/C15H24O3/c1-13(2)5-11-10(12(13)18)4-9(6-16)15(8-17)7-14(11,15)3/h4,10-12,16-18H,5-8H2,1-3H3. The minimum atomic E-state index is -0.335. The first-order valence-electron chi connectivity index (χ1n) is 6.93. The van der Waals surface area contributed by atoms with Gasteiger partial charge in [0, 0.05) is 11.3 Å². The maximum Gasteiger partial charge on any atom is 0.0656 e. The van der Waals surface area contributed by atoms with Gasteiger partial charge in [-0.15, -0.1) is 0 Å². The molecule has 3 heteroatoms. The molecule has 0 bridgehead atoms. The molecule has 102 valence electrons. The van der Waals surface area contributed by atoms with Crippen molar-refractivity contribution in [1.29, 1.82) is 0 Å². The summed E-state index contributed by atoms with van der Waals surface area (Å²) in [7, 11) is 0. The van der Waals surface area contributed by atoms with E-state index >= 15 is 0 Å². The van der Waals surface area contributed by atoms with Gasteiger partial charge in [-0.1, -0.05) is 26.8 Å².